The number of aromatic nitrogens is 2. The van der Waals surface area contributed by atoms with Crippen molar-refractivity contribution in [1.29, 1.82) is 0 Å². The van der Waals surface area contributed by atoms with Gasteiger partial charge in [0.1, 0.15) is 5.82 Å². The van der Waals surface area contributed by atoms with E-state index < -0.39 is 0 Å². The summed E-state index contributed by atoms with van der Waals surface area (Å²) in [6.45, 7) is 10.2. The van der Waals surface area contributed by atoms with Crippen LogP contribution < -0.4 is 5.73 Å². The standard InChI is InChI=1S/C16H26N4O/c1-4-19(7-8-21)11-16-18-14-9-12(2)13(3)10-15(14)20(16)6-5-17/h9-10,21H,4-8,11,17H2,1-3H3. The van der Waals surface area contributed by atoms with Crippen molar-refractivity contribution in [2.45, 2.75) is 33.9 Å². The molecule has 21 heavy (non-hydrogen) atoms. The third-order valence-electron chi connectivity index (χ3n) is 4.02. The van der Waals surface area contributed by atoms with Gasteiger partial charge in [-0.3, -0.25) is 4.90 Å². The van der Waals surface area contributed by atoms with E-state index in [2.05, 4.69) is 42.4 Å². The van der Waals surface area contributed by atoms with Crippen LogP contribution in [-0.4, -0.2) is 45.8 Å². The minimum absolute atomic E-state index is 0.170. The molecule has 116 valence electrons. The van der Waals surface area contributed by atoms with Crippen molar-refractivity contribution in [1.82, 2.24) is 14.5 Å². The molecule has 2 rings (SSSR count). The lowest BCUT2D eigenvalue weighted by molar-refractivity contribution is 0.192. The van der Waals surface area contributed by atoms with Gasteiger partial charge in [0, 0.05) is 19.6 Å². The SMILES string of the molecule is CCN(CCO)Cc1nc2cc(C)c(C)cc2n1CCN. The fourth-order valence-electron chi connectivity index (χ4n) is 2.62. The van der Waals surface area contributed by atoms with Crippen molar-refractivity contribution in [3.63, 3.8) is 0 Å². The van der Waals surface area contributed by atoms with Gasteiger partial charge in [-0.1, -0.05) is 6.92 Å². The second-order valence-electron chi connectivity index (χ2n) is 5.49. The maximum atomic E-state index is 9.14. The van der Waals surface area contributed by atoms with E-state index in [0.717, 1.165) is 36.5 Å². The first-order chi connectivity index (χ1) is 10.1. The summed E-state index contributed by atoms with van der Waals surface area (Å²) < 4.78 is 2.21. The third-order valence-corrected chi connectivity index (χ3v) is 4.02. The highest BCUT2D eigenvalue weighted by Gasteiger charge is 2.14. The van der Waals surface area contributed by atoms with Crippen LogP contribution in [0, 0.1) is 13.8 Å². The van der Waals surface area contributed by atoms with Crippen molar-refractivity contribution < 1.29 is 5.11 Å². The zero-order valence-electron chi connectivity index (χ0n) is 13.3. The molecule has 0 radical (unpaired) electrons. The van der Waals surface area contributed by atoms with E-state index in [-0.39, 0.29) is 6.61 Å². The summed E-state index contributed by atoms with van der Waals surface area (Å²) >= 11 is 0. The molecule has 3 N–H and O–H groups in total. The van der Waals surface area contributed by atoms with Gasteiger partial charge in [-0.2, -0.15) is 0 Å². The van der Waals surface area contributed by atoms with Gasteiger partial charge in [0.2, 0.25) is 0 Å². The summed E-state index contributed by atoms with van der Waals surface area (Å²) in [5.74, 6) is 1.02. The minimum atomic E-state index is 0.170. The number of imidazole rings is 1. The van der Waals surface area contributed by atoms with Crippen molar-refractivity contribution >= 4 is 11.0 Å². The van der Waals surface area contributed by atoms with E-state index in [4.69, 9.17) is 15.8 Å². The Morgan fingerprint density at radius 3 is 2.62 bits per heavy atom. The number of aliphatic hydroxyl groups is 1. The molecule has 0 fully saturated rings. The number of fused-ring (bicyclic) bond motifs is 1. The van der Waals surface area contributed by atoms with Crippen LogP contribution in [0.2, 0.25) is 0 Å². The van der Waals surface area contributed by atoms with Crippen LogP contribution >= 0.6 is 0 Å². The number of aryl methyl sites for hydroxylation is 2. The Morgan fingerprint density at radius 1 is 1.29 bits per heavy atom. The highest BCUT2D eigenvalue weighted by atomic mass is 16.3. The molecule has 0 saturated heterocycles. The van der Waals surface area contributed by atoms with Crippen LogP contribution in [-0.2, 0) is 13.1 Å². The van der Waals surface area contributed by atoms with Crippen LogP contribution in [0.5, 0.6) is 0 Å². The Bertz CT molecular complexity index is 606. The van der Waals surface area contributed by atoms with E-state index in [9.17, 15) is 0 Å². The van der Waals surface area contributed by atoms with Gasteiger partial charge in [0.15, 0.2) is 0 Å². The van der Waals surface area contributed by atoms with Crippen LogP contribution in [0.1, 0.15) is 23.9 Å². The van der Waals surface area contributed by atoms with Crippen LogP contribution in [0.3, 0.4) is 0 Å². The zero-order chi connectivity index (χ0) is 15.4. The molecule has 1 aromatic carbocycles. The summed E-state index contributed by atoms with van der Waals surface area (Å²) in [4.78, 5) is 6.98. The first-order valence-corrected chi connectivity index (χ1v) is 7.60. The van der Waals surface area contributed by atoms with Crippen LogP contribution in [0.4, 0.5) is 0 Å². The number of rotatable bonds is 7. The Hall–Kier alpha value is -1.43. The lowest BCUT2D eigenvalue weighted by Gasteiger charge is -2.19. The summed E-state index contributed by atoms with van der Waals surface area (Å²) in [5.41, 5.74) is 10.5. The summed E-state index contributed by atoms with van der Waals surface area (Å²) in [5, 5.41) is 9.14. The molecule has 0 aliphatic heterocycles. The molecule has 0 spiro atoms. The molecule has 1 heterocycles. The second-order valence-corrected chi connectivity index (χ2v) is 5.49. The van der Waals surface area contributed by atoms with Gasteiger partial charge in [0.05, 0.1) is 24.2 Å². The molecule has 0 atom stereocenters. The molecule has 0 amide bonds. The number of hydrogen-bond acceptors (Lipinski definition) is 4. The Kier molecular flexibility index (Phi) is 5.33. The molecular formula is C16H26N4O. The molecule has 5 heteroatoms. The maximum Gasteiger partial charge on any atom is 0.124 e. The largest absolute Gasteiger partial charge is 0.395 e. The van der Waals surface area contributed by atoms with Crippen molar-refractivity contribution in [2.75, 3.05) is 26.2 Å². The number of aliphatic hydroxyl groups excluding tert-OH is 1. The zero-order valence-corrected chi connectivity index (χ0v) is 13.3. The first-order valence-electron chi connectivity index (χ1n) is 7.60. The Morgan fingerprint density at radius 2 is 2.00 bits per heavy atom. The number of likely N-dealkylation sites (N-methyl/N-ethyl adjacent to an activating group) is 1. The van der Waals surface area contributed by atoms with Gasteiger partial charge in [-0.05, 0) is 43.7 Å². The van der Waals surface area contributed by atoms with E-state index in [1.165, 1.54) is 11.1 Å². The summed E-state index contributed by atoms with van der Waals surface area (Å²) in [6.07, 6.45) is 0. The fourth-order valence-corrected chi connectivity index (χ4v) is 2.62. The lowest BCUT2D eigenvalue weighted by Crippen LogP contribution is -2.28. The van der Waals surface area contributed by atoms with E-state index in [1.807, 2.05) is 0 Å². The quantitative estimate of drug-likeness (QED) is 0.809. The molecule has 0 unspecified atom stereocenters. The summed E-state index contributed by atoms with van der Waals surface area (Å²) in [7, 11) is 0. The van der Waals surface area contributed by atoms with Crippen LogP contribution in [0.15, 0.2) is 12.1 Å². The van der Waals surface area contributed by atoms with Crippen molar-refractivity contribution in [3.05, 3.63) is 29.1 Å². The smallest absolute Gasteiger partial charge is 0.124 e. The van der Waals surface area contributed by atoms with E-state index in [0.29, 0.717) is 13.1 Å². The second kappa shape index (κ2) is 7.02. The van der Waals surface area contributed by atoms with E-state index >= 15 is 0 Å². The topological polar surface area (TPSA) is 67.3 Å². The number of hydrogen-bond donors (Lipinski definition) is 2. The van der Waals surface area contributed by atoms with Gasteiger partial charge in [-0.25, -0.2) is 4.98 Å². The molecule has 1 aromatic heterocycles. The monoisotopic (exact) mass is 290 g/mol. The van der Waals surface area contributed by atoms with Crippen LogP contribution in [0.25, 0.3) is 11.0 Å². The first kappa shape index (κ1) is 15.9. The maximum absolute atomic E-state index is 9.14. The molecule has 0 aliphatic carbocycles. The Labute approximate surface area is 126 Å². The predicted octanol–water partition coefficient (Wildman–Crippen LogP) is 1.43. The lowest BCUT2D eigenvalue weighted by atomic mass is 10.1. The highest BCUT2D eigenvalue weighted by Crippen LogP contribution is 2.21. The number of nitrogens with zero attached hydrogens (tertiary/aromatic N) is 3. The predicted molar refractivity (Wildman–Crippen MR) is 86.3 cm³/mol. The average molecular weight is 290 g/mol. The molecule has 0 bridgehead atoms. The van der Waals surface area contributed by atoms with Gasteiger partial charge >= 0.3 is 0 Å². The van der Waals surface area contributed by atoms with E-state index in [1.54, 1.807) is 0 Å². The van der Waals surface area contributed by atoms with Crippen molar-refractivity contribution in [2.24, 2.45) is 5.73 Å². The normalized spacial score (nSPS) is 11.7. The molecule has 0 saturated carbocycles. The molecule has 2 aromatic rings. The minimum Gasteiger partial charge on any atom is -0.395 e. The molecule has 5 nitrogen and oxygen atoms in total. The molecule has 0 aliphatic rings. The highest BCUT2D eigenvalue weighted by molar-refractivity contribution is 5.78. The number of nitrogens with two attached hydrogens (primary N) is 1. The fraction of sp³-hybridized carbons (Fsp3) is 0.562. The van der Waals surface area contributed by atoms with Gasteiger partial charge in [0.25, 0.3) is 0 Å². The van der Waals surface area contributed by atoms with Gasteiger partial charge in [-0.15, -0.1) is 0 Å². The average Bonchev–Trinajstić information content (AvgIpc) is 2.77. The number of benzene rings is 1. The Balaban J connectivity index is 2.44. The van der Waals surface area contributed by atoms with Crippen molar-refractivity contribution in [3.8, 4) is 0 Å². The summed E-state index contributed by atoms with van der Waals surface area (Å²) in [6, 6.07) is 4.34. The molecular weight excluding hydrogens is 264 g/mol. The van der Waals surface area contributed by atoms with Gasteiger partial charge < -0.3 is 15.4 Å². The third kappa shape index (κ3) is 3.43.